The SMILES string of the molecule is C=CC(=O)N1CC2(CCN(c3nc(N4CC(N(C)C)C4)nc4c(F)c(-c5cc(O)cc6ccccc56)c(Cl)cc34)C2)C1. The van der Waals surface area contributed by atoms with Gasteiger partial charge in [0.2, 0.25) is 11.9 Å². The van der Waals surface area contributed by atoms with Crippen molar-refractivity contribution < 1.29 is 14.3 Å². The van der Waals surface area contributed by atoms with Gasteiger partial charge in [-0.3, -0.25) is 4.79 Å². The molecule has 0 saturated carbocycles. The molecule has 10 heteroatoms. The number of carbonyl (C=O) groups excluding carboxylic acids is 1. The molecule has 7 rings (SSSR count). The van der Waals surface area contributed by atoms with E-state index in [0.717, 1.165) is 36.8 Å². The van der Waals surface area contributed by atoms with Crippen LogP contribution in [0, 0.1) is 11.2 Å². The van der Waals surface area contributed by atoms with Crippen LogP contribution in [-0.4, -0.2) is 90.2 Å². The Balaban J connectivity index is 1.35. The lowest BCUT2D eigenvalue weighted by Gasteiger charge is -2.47. The summed E-state index contributed by atoms with van der Waals surface area (Å²) < 4.78 is 16.8. The lowest BCUT2D eigenvalue weighted by atomic mass is 9.79. The molecule has 1 aromatic heterocycles. The van der Waals surface area contributed by atoms with E-state index >= 15 is 4.39 Å². The van der Waals surface area contributed by atoms with E-state index in [-0.39, 0.29) is 33.2 Å². The number of aromatic hydroxyl groups is 1. The number of fused-ring (bicyclic) bond motifs is 2. The number of hydrogen-bond acceptors (Lipinski definition) is 7. The predicted octanol–water partition coefficient (Wildman–Crippen LogP) is 4.92. The summed E-state index contributed by atoms with van der Waals surface area (Å²) in [5.74, 6) is 0.583. The number of aromatic nitrogens is 2. The van der Waals surface area contributed by atoms with Gasteiger partial charge in [0, 0.05) is 61.7 Å². The second-order valence-electron chi connectivity index (χ2n) is 12.1. The van der Waals surface area contributed by atoms with E-state index in [1.165, 1.54) is 6.08 Å². The molecule has 1 spiro atoms. The smallest absolute Gasteiger partial charge is 0.245 e. The second kappa shape index (κ2) is 9.81. The maximum absolute atomic E-state index is 16.8. The van der Waals surface area contributed by atoms with Crippen LogP contribution in [-0.2, 0) is 4.79 Å². The fourth-order valence-corrected chi connectivity index (χ4v) is 6.96. The molecule has 0 unspecified atom stereocenters. The summed E-state index contributed by atoms with van der Waals surface area (Å²) in [7, 11) is 4.09. The van der Waals surface area contributed by atoms with Gasteiger partial charge < -0.3 is 24.7 Å². The number of likely N-dealkylation sites (tertiary alicyclic amines) is 1. The van der Waals surface area contributed by atoms with Crippen LogP contribution in [0.25, 0.3) is 32.8 Å². The van der Waals surface area contributed by atoms with E-state index in [0.29, 0.717) is 48.4 Å². The van der Waals surface area contributed by atoms with Gasteiger partial charge in [0.15, 0.2) is 5.82 Å². The third-order valence-corrected chi connectivity index (χ3v) is 9.42. The Morgan fingerprint density at radius 2 is 1.88 bits per heavy atom. The van der Waals surface area contributed by atoms with Gasteiger partial charge in [-0.05, 0) is 61.1 Å². The molecule has 4 heterocycles. The molecule has 3 aromatic carbocycles. The Bertz CT molecular complexity index is 1770. The highest BCUT2D eigenvalue weighted by Crippen LogP contribution is 2.46. The van der Waals surface area contributed by atoms with Crippen LogP contribution in [0.1, 0.15) is 6.42 Å². The van der Waals surface area contributed by atoms with Gasteiger partial charge in [0.1, 0.15) is 17.1 Å². The molecule has 3 aliphatic heterocycles. The summed E-state index contributed by atoms with van der Waals surface area (Å²) in [5.41, 5.74) is 0.895. The lowest BCUT2D eigenvalue weighted by molar-refractivity contribution is -0.136. The van der Waals surface area contributed by atoms with Crippen LogP contribution < -0.4 is 9.80 Å². The van der Waals surface area contributed by atoms with Gasteiger partial charge >= 0.3 is 0 Å². The summed E-state index contributed by atoms with van der Waals surface area (Å²) in [6.07, 6.45) is 2.26. The van der Waals surface area contributed by atoms with Crippen molar-refractivity contribution in [2.75, 3.05) is 63.2 Å². The number of hydrogen-bond donors (Lipinski definition) is 1. The number of phenols is 1. The monoisotopic (exact) mass is 586 g/mol. The van der Waals surface area contributed by atoms with Gasteiger partial charge in [0.25, 0.3) is 0 Å². The Hall–Kier alpha value is -3.95. The molecule has 0 bridgehead atoms. The topological polar surface area (TPSA) is 76.0 Å². The van der Waals surface area contributed by atoms with Crippen LogP contribution in [0.15, 0.2) is 55.1 Å². The van der Waals surface area contributed by atoms with Gasteiger partial charge in [-0.15, -0.1) is 0 Å². The van der Waals surface area contributed by atoms with Crippen molar-refractivity contribution in [3.63, 3.8) is 0 Å². The Morgan fingerprint density at radius 1 is 1.12 bits per heavy atom. The maximum atomic E-state index is 16.8. The highest BCUT2D eigenvalue weighted by Gasteiger charge is 2.49. The number of nitrogens with zero attached hydrogens (tertiary/aromatic N) is 6. The van der Waals surface area contributed by atoms with Gasteiger partial charge in [-0.2, -0.15) is 4.98 Å². The zero-order valence-electron chi connectivity index (χ0n) is 23.6. The van der Waals surface area contributed by atoms with Crippen molar-refractivity contribution in [1.29, 1.82) is 0 Å². The minimum absolute atomic E-state index is 0.0222. The number of anilines is 2. The maximum Gasteiger partial charge on any atom is 0.245 e. The summed E-state index contributed by atoms with van der Waals surface area (Å²) in [4.78, 5) is 30.1. The number of benzene rings is 3. The Morgan fingerprint density at radius 3 is 2.62 bits per heavy atom. The second-order valence-corrected chi connectivity index (χ2v) is 12.5. The zero-order valence-corrected chi connectivity index (χ0v) is 24.4. The Labute approximate surface area is 248 Å². The van der Waals surface area contributed by atoms with E-state index in [9.17, 15) is 9.90 Å². The largest absolute Gasteiger partial charge is 0.508 e. The van der Waals surface area contributed by atoms with Gasteiger partial charge in [-0.25, -0.2) is 9.37 Å². The van der Waals surface area contributed by atoms with Crippen molar-refractivity contribution in [2.24, 2.45) is 5.41 Å². The number of likely N-dealkylation sites (N-methyl/N-ethyl adjacent to an activating group) is 1. The molecular formula is C32H32ClFN6O2. The van der Waals surface area contributed by atoms with Crippen LogP contribution in [0.2, 0.25) is 5.02 Å². The van der Waals surface area contributed by atoms with Crippen molar-refractivity contribution in [2.45, 2.75) is 12.5 Å². The van der Waals surface area contributed by atoms with Gasteiger partial charge in [-0.1, -0.05) is 42.4 Å². The van der Waals surface area contributed by atoms with Crippen molar-refractivity contribution in [3.8, 4) is 16.9 Å². The minimum atomic E-state index is -0.539. The predicted molar refractivity (Wildman–Crippen MR) is 165 cm³/mol. The third-order valence-electron chi connectivity index (χ3n) is 9.12. The number of amides is 1. The molecule has 4 aromatic rings. The van der Waals surface area contributed by atoms with E-state index in [4.69, 9.17) is 21.6 Å². The average Bonchev–Trinajstić information content (AvgIpc) is 3.36. The van der Waals surface area contributed by atoms with E-state index in [2.05, 4.69) is 21.3 Å². The molecule has 216 valence electrons. The lowest BCUT2D eigenvalue weighted by Crippen LogP contribution is -2.59. The van der Waals surface area contributed by atoms with E-state index < -0.39 is 5.82 Å². The quantitative estimate of drug-likeness (QED) is 0.333. The van der Waals surface area contributed by atoms with E-state index in [1.807, 2.05) is 43.3 Å². The third kappa shape index (κ3) is 4.25. The standard InChI is InChI=1S/C32H32ClFN6O2/c1-4-26(42)40-17-32(18-40)9-10-38(16-32)30-24-13-25(33)27(23-12-21(41)11-19-7-5-6-8-22(19)23)28(34)29(24)35-31(36-30)39-14-20(15-39)37(2)3/h4-8,11-13,20,41H,1,9-10,14-18H2,2-3H3. The molecule has 42 heavy (non-hydrogen) atoms. The van der Waals surface area contributed by atoms with Crippen molar-refractivity contribution >= 4 is 50.9 Å². The zero-order chi connectivity index (χ0) is 29.3. The molecule has 3 saturated heterocycles. The number of rotatable bonds is 5. The molecule has 1 N–H and O–H groups in total. The minimum Gasteiger partial charge on any atom is -0.508 e. The normalized spacial score (nSPS) is 18.3. The average molecular weight is 587 g/mol. The summed E-state index contributed by atoms with van der Waals surface area (Å²) in [5, 5.41) is 12.8. The van der Waals surface area contributed by atoms with Crippen molar-refractivity contribution in [3.05, 3.63) is 66.0 Å². The Kier molecular flexibility index (Phi) is 6.29. The van der Waals surface area contributed by atoms with Crippen LogP contribution in [0.5, 0.6) is 5.75 Å². The summed E-state index contributed by atoms with van der Waals surface area (Å²) >= 11 is 6.87. The number of phenolic OH excluding ortho intramolecular Hbond substituents is 1. The molecule has 0 atom stereocenters. The van der Waals surface area contributed by atoms with Gasteiger partial charge in [0.05, 0.1) is 5.02 Å². The first kappa shape index (κ1) is 26.9. The van der Waals surface area contributed by atoms with Crippen LogP contribution >= 0.6 is 11.6 Å². The molecule has 1 amide bonds. The van der Waals surface area contributed by atoms with Crippen LogP contribution in [0.3, 0.4) is 0 Å². The highest BCUT2D eigenvalue weighted by molar-refractivity contribution is 6.35. The highest BCUT2D eigenvalue weighted by atomic mass is 35.5. The molecule has 3 aliphatic rings. The molecule has 0 aliphatic carbocycles. The first-order valence-electron chi connectivity index (χ1n) is 14.2. The first-order chi connectivity index (χ1) is 20.2. The fraction of sp³-hybridized carbons (Fsp3) is 0.344. The number of carbonyl (C=O) groups is 1. The first-order valence-corrected chi connectivity index (χ1v) is 14.5. The number of halogens is 2. The van der Waals surface area contributed by atoms with E-state index in [1.54, 1.807) is 18.2 Å². The fourth-order valence-electron chi connectivity index (χ4n) is 6.67. The van der Waals surface area contributed by atoms with Crippen LogP contribution in [0.4, 0.5) is 16.2 Å². The molecule has 8 nitrogen and oxygen atoms in total. The summed E-state index contributed by atoms with van der Waals surface area (Å²) in [6.45, 7) is 7.89. The molecule has 3 fully saturated rings. The van der Waals surface area contributed by atoms with Crippen molar-refractivity contribution in [1.82, 2.24) is 19.8 Å². The summed E-state index contributed by atoms with van der Waals surface area (Å²) in [6, 6.07) is 12.9. The molecule has 0 radical (unpaired) electrons. The molecular weight excluding hydrogens is 555 g/mol.